The minimum atomic E-state index is 0. The van der Waals surface area contributed by atoms with E-state index < -0.39 is 0 Å². The Kier molecular flexibility index (Phi) is 10.2. The third kappa shape index (κ3) is 8.89. The summed E-state index contributed by atoms with van der Waals surface area (Å²) in [5, 5.41) is 7.92. The van der Waals surface area contributed by atoms with Gasteiger partial charge in [0.25, 0.3) is 0 Å². The first-order chi connectivity index (χ1) is 9.82. The second kappa shape index (κ2) is 10.4. The topological polar surface area (TPSA) is 52.6 Å². The summed E-state index contributed by atoms with van der Waals surface area (Å²) >= 11 is 1.75. The maximum atomic E-state index is 4.37. The lowest BCUT2D eigenvalue weighted by atomic mass is 9.93. The Hall–Kier alpha value is -0.410. The van der Waals surface area contributed by atoms with Crippen molar-refractivity contribution in [2.24, 2.45) is 10.4 Å². The summed E-state index contributed by atoms with van der Waals surface area (Å²) in [6.45, 7) is 9.37. The number of aryl methyl sites for hydroxylation is 1. The molecular formula is C15H30IN5S. The van der Waals surface area contributed by atoms with Gasteiger partial charge in [0.2, 0.25) is 0 Å². The maximum Gasteiger partial charge on any atom is 0.191 e. The molecule has 0 atom stereocenters. The number of thiazole rings is 1. The van der Waals surface area contributed by atoms with Crippen LogP contribution >= 0.6 is 35.3 Å². The van der Waals surface area contributed by atoms with E-state index in [0.717, 1.165) is 32.0 Å². The van der Waals surface area contributed by atoms with Crippen LogP contribution < -0.4 is 10.6 Å². The van der Waals surface area contributed by atoms with Crippen LogP contribution in [0.25, 0.3) is 0 Å². The molecule has 128 valence electrons. The molecule has 1 rings (SSSR count). The number of nitrogens with one attached hydrogen (secondary N) is 2. The van der Waals surface area contributed by atoms with E-state index in [1.165, 1.54) is 9.88 Å². The quantitative estimate of drug-likeness (QED) is 0.389. The van der Waals surface area contributed by atoms with Crippen LogP contribution in [0.3, 0.4) is 0 Å². The highest BCUT2D eigenvalue weighted by atomic mass is 127. The van der Waals surface area contributed by atoms with E-state index in [-0.39, 0.29) is 29.4 Å². The van der Waals surface area contributed by atoms with E-state index in [1.807, 2.05) is 13.2 Å². The predicted molar refractivity (Wildman–Crippen MR) is 108 cm³/mol. The van der Waals surface area contributed by atoms with Crippen LogP contribution in [-0.2, 0) is 6.42 Å². The minimum absolute atomic E-state index is 0. The van der Waals surface area contributed by atoms with Crippen LogP contribution in [-0.4, -0.2) is 56.6 Å². The lowest BCUT2D eigenvalue weighted by Crippen LogP contribution is -2.45. The zero-order valence-electron chi connectivity index (χ0n) is 14.6. The van der Waals surface area contributed by atoms with Crippen molar-refractivity contribution < 1.29 is 0 Å². The van der Waals surface area contributed by atoms with Gasteiger partial charge in [0.15, 0.2) is 5.96 Å². The molecule has 7 heteroatoms. The Morgan fingerprint density at radius 3 is 2.55 bits per heavy atom. The van der Waals surface area contributed by atoms with Gasteiger partial charge >= 0.3 is 0 Å². The molecule has 0 aliphatic carbocycles. The number of hydrogen-bond acceptors (Lipinski definition) is 4. The van der Waals surface area contributed by atoms with Gasteiger partial charge in [-0.1, -0.05) is 13.8 Å². The van der Waals surface area contributed by atoms with Crippen molar-refractivity contribution in [3.8, 4) is 0 Å². The van der Waals surface area contributed by atoms with Gasteiger partial charge < -0.3 is 15.5 Å². The Morgan fingerprint density at radius 1 is 1.36 bits per heavy atom. The molecule has 0 fully saturated rings. The molecule has 0 aliphatic heterocycles. The molecule has 22 heavy (non-hydrogen) atoms. The van der Waals surface area contributed by atoms with Gasteiger partial charge in [-0.25, -0.2) is 4.98 Å². The Balaban J connectivity index is 0.00000441. The van der Waals surface area contributed by atoms with E-state index in [2.05, 4.69) is 60.4 Å². The van der Waals surface area contributed by atoms with Crippen molar-refractivity contribution >= 4 is 41.3 Å². The SMILES string of the molecule is CN=C(NCCc1ncc(C)s1)NCC(C)(C)CN(C)C.I. The average molecular weight is 439 g/mol. The Labute approximate surface area is 156 Å². The standard InChI is InChI=1S/C15H29N5S.HI/c1-12-9-18-13(21-12)7-8-17-14(16-4)19-10-15(2,3)11-20(5)6;/h9H,7-8,10-11H2,1-6H3,(H2,16,17,19);1H. The molecule has 0 aromatic carbocycles. The highest BCUT2D eigenvalue weighted by molar-refractivity contribution is 14.0. The van der Waals surface area contributed by atoms with Gasteiger partial charge in [0, 0.05) is 44.2 Å². The van der Waals surface area contributed by atoms with Gasteiger partial charge in [-0.05, 0) is 26.4 Å². The van der Waals surface area contributed by atoms with Crippen LogP contribution in [0.5, 0.6) is 0 Å². The summed E-state index contributed by atoms with van der Waals surface area (Å²) < 4.78 is 0. The van der Waals surface area contributed by atoms with Crippen LogP contribution in [0, 0.1) is 12.3 Å². The number of guanidine groups is 1. The summed E-state index contributed by atoms with van der Waals surface area (Å²) in [6.07, 6.45) is 2.86. The molecule has 0 bridgehead atoms. The van der Waals surface area contributed by atoms with Gasteiger partial charge in [-0.3, -0.25) is 4.99 Å². The fourth-order valence-corrected chi connectivity index (χ4v) is 3.05. The van der Waals surface area contributed by atoms with Crippen molar-refractivity contribution in [1.29, 1.82) is 0 Å². The molecule has 0 saturated heterocycles. The molecular weight excluding hydrogens is 409 g/mol. The largest absolute Gasteiger partial charge is 0.356 e. The molecule has 0 aliphatic rings. The lowest BCUT2D eigenvalue weighted by molar-refractivity contribution is 0.241. The first-order valence-electron chi connectivity index (χ1n) is 7.33. The van der Waals surface area contributed by atoms with E-state index >= 15 is 0 Å². The molecule has 0 amide bonds. The summed E-state index contributed by atoms with van der Waals surface area (Å²) in [4.78, 5) is 12.1. The Morgan fingerprint density at radius 2 is 2.05 bits per heavy atom. The Bertz CT molecular complexity index is 457. The normalized spacial score (nSPS) is 12.2. The fourth-order valence-electron chi connectivity index (χ4n) is 2.26. The molecule has 0 radical (unpaired) electrons. The molecule has 1 aromatic rings. The first kappa shape index (κ1) is 21.6. The van der Waals surface area contributed by atoms with E-state index in [1.54, 1.807) is 11.3 Å². The second-order valence-electron chi connectivity index (χ2n) is 6.37. The predicted octanol–water partition coefficient (Wildman–Crippen LogP) is 2.36. The number of aliphatic imine (C=N–C) groups is 1. The van der Waals surface area contributed by atoms with Crippen LogP contribution in [0.2, 0.25) is 0 Å². The van der Waals surface area contributed by atoms with Crippen molar-refractivity contribution in [2.45, 2.75) is 27.2 Å². The monoisotopic (exact) mass is 439 g/mol. The van der Waals surface area contributed by atoms with E-state index in [4.69, 9.17) is 0 Å². The van der Waals surface area contributed by atoms with Crippen molar-refractivity contribution in [3.63, 3.8) is 0 Å². The zero-order chi connectivity index (χ0) is 15.9. The summed E-state index contributed by atoms with van der Waals surface area (Å²) in [7, 11) is 6.01. The third-order valence-corrected chi connectivity index (χ3v) is 3.98. The van der Waals surface area contributed by atoms with Crippen LogP contribution in [0.4, 0.5) is 0 Å². The van der Waals surface area contributed by atoms with Gasteiger partial charge in [0.05, 0.1) is 5.01 Å². The molecule has 0 spiro atoms. The number of hydrogen-bond donors (Lipinski definition) is 2. The maximum absolute atomic E-state index is 4.37. The average Bonchev–Trinajstić information content (AvgIpc) is 2.77. The molecule has 5 nitrogen and oxygen atoms in total. The highest BCUT2D eigenvalue weighted by Gasteiger charge is 2.19. The molecule has 1 aromatic heterocycles. The number of rotatable bonds is 7. The zero-order valence-corrected chi connectivity index (χ0v) is 17.7. The van der Waals surface area contributed by atoms with Crippen molar-refractivity contribution in [2.75, 3.05) is 40.8 Å². The minimum Gasteiger partial charge on any atom is -0.356 e. The third-order valence-electron chi connectivity index (χ3n) is 3.00. The summed E-state index contributed by atoms with van der Waals surface area (Å²) in [5.74, 6) is 0.857. The number of aromatic nitrogens is 1. The first-order valence-corrected chi connectivity index (χ1v) is 8.14. The summed E-state index contributed by atoms with van der Waals surface area (Å²) in [5.41, 5.74) is 0.202. The van der Waals surface area contributed by atoms with Crippen LogP contribution in [0.1, 0.15) is 23.7 Å². The molecule has 2 N–H and O–H groups in total. The molecule has 0 unspecified atom stereocenters. The number of halogens is 1. The summed E-state index contributed by atoms with van der Waals surface area (Å²) in [6, 6.07) is 0. The second-order valence-corrected chi connectivity index (χ2v) is 7.69. The van der Waals surface area contributed by atoms with Gasteiger partial charge in [-0.2, -0.15) is 0 Å². The van der Waals surface area contributed by atoms with Gasteiger partial charge in [0.1, 0.15) is 0 Å². The van der Waals surface area contributed by atoms with Crippen LogP contribution in [0.15, 0.2) is 11.2 Å². The van der Waals surface area contributed by atoms with Crippen molar-refractivity contribution in [1.82, 2.24) is 20.5 Å². The highest BCUT2D eigenvalue weighted by Crippen LogP contribution is 2.14. The fraction of sp³-hybridized carbons (Fsp3) is 0.733. The van der Waals surface area contributed by atoms with E-state index in [9.17, 15) is 0 Å². The van der Waals surface area contributed by atoms with E-state index in [0.29, 0.717) is 0 Å². The lowest BCUT2D eigenvalue weighted by Gasteiger charge is -2.29. The molecule has 1 heterocycles. The smallest absolute Gasteiger partial charge is 0.191 e. The number of nitrogens with zero attached hydrogens (tertiary/aromatic N) is 3. The molecule has 0 saturated carbocycles. The van der Waals surface area contributed by atoms with Gasteiger partial charge in [-0.15, -0.1) is 35.3 Å². The van der Waals surface area contributed by atoms with Crippen molar-refractivity contribution in [3.05, 3.63) is 16.1 Å².